The van der Waals surface area contributed by atoms with E-state index in [9.17, 15) is 4.79 Å². The lowest BCUT2D eigenvalue weighted by atomic mass is 9.96. The van der Waals surface area contributed by atoms with Crippen LogP contribution in [-0.4, -0.2) is 33.9 Å². The Bertz CT molecular complexity index is 810. The molecule has 4 nitrogen and oxygen atoms in total. The number of piperidine rings is 1. The summed E-state index contributed by atoms with van der Waals surface area (Å²) in [5, 5.41) is 1.99. The van der Waals surface area contributed by atoms with Crippen LogP contribution in [0.5, 0.6) is 0 Å². The van der Waals surface area contributed by atoms with E-state index in [0.717, 1.165) is 53.2 Å². The zero-order valence-corrected chi connectivity index (χ0v) is 13.9. The Hall–Kier alpha value is -2.14. The molecule has 0 spiro atoms. The smallest absolute Gasteiger partial charge is 0.264 e. The zero-order valence-electron chi connectivity index (χ0n) is 13.1. The molecule has 3 heterocycles. The van der Waals surface area contributed by atoms with Crippen LogP contribution >= 0.6 is 11.3 Å². The van der Waals surface area contributed by atoms with Crippen molar-refractivity contribution < 1.29 is 4.79 Å². The van der Waals surface area contributed by atoms with Gasteiger partial charge in [-0.25, -0.2) is 4.98 Å². The third-order valence-corrected chi connectivity index (χ3v) is 5.64. The van der Waals surface area contributed by atoms with Crippen LogP contribution in [0.1, 0.15) is 39.8 Å². The second kappa shape index (κ2) is 5.81. The van der Waals surface area contributed by atoms with E-state index < -0.39 is 0 Å². The Kier molecular flexibility index (Phi) is 3.65. The number of para-hydroxylation sites is 2. The number of H-pyrrole nitrogens is 1. The van der Waals surface area contributed by atoms with Crippen LogP contribution in [0.25, 0.3) is 11.0 Å². The Morgan fingerprint density at radius 2 is 2.04 bits per heavy atom. The number of hydrogen-bond donors (Lipinski definition) is 1. The van der Waals surface area contributed by atoms with Gasteiger partial charge in [-0.15, -0.1) is 11.3 Å². The normalized spacial score (nSPS) is 16.1. The summed E-state index contributed by atoms with van der Waals surface area (Å²) >= 11 is 1.54. The molecule has 4 rings (SSSR count). The van der Waals surface area contributed by atoms with Crippen molar-refractivity contribution in [3.63, 3.8) is 0 Å². The van der Waals surface area contributed by atoms with E-state index in [0.29, 0.717) is 5.92 Å². The first-order valence-corrected chi connectivity index (χ1v) is 8.88. The van der Waals surface area contributed by atoms with Gasteiger partial charge in [0.25, 0.3) is 5.91 Å². The van der Waals surface area contributed by atoms with Crippen LogP contribution < -0.4 is 0 Å². The van der Waals surface area contributed by atoms with Gasteiger partial charge in [-0.1, -0.05) is 12.1 Å². The highest BCUT2D eigenvalue weighted by Gasteiger charge is 2.27. The molecule has 1 amide bonds. The molecule has 0 bridgehead atoms. The van der Waals surface area contributed by atoms with Crippen molar-refractivity contribution in [2.24, 2.45) is 0 Å². The number of hydrogen-bond acceptors (Lipinski definition) is 3. The molecule has 0 radical (unpaired) electrons. The number of carbonyl (C=O) groups excluding carboxylic acids is 1. The van der Waals surface area contributed by atoms with Crippen molar-refractivity contribution in [1.29, 1.82) is 0 Å². The minimum atomic E-state index is 0.181. The number of aryl methyl sites for hydroxylation is 1. The molecule has 118 valence electrons. The molecule has 1 N–H and O–H groups in total. The average Bonchev–Trinajstić information content (AvgIpc) is 3.20. The van der Waals surface area contributed by atoms with E-state index in [1.807, 2.05) is 41.5 Å². The van der Waals surface area contributed by atoms with Crippen LogP contribution in [0.4, 0.5) is 0 Å². The number of rotatable bonds is 2. The second-order valence-electron chi connectivity index (χ2n) is 6.14. The third kappa shape index (κ3) is 2.65. The first kappa shape index (κ1) is 14.5. The van der Waals surface area contributed by atoms with E-state index in [-0.39, 0.29) is 5.91 Å². The standard InChI is InChI=1S/C18H19N3OS/c1-12-8-11-23-16(12)18(22)21-9-6-13(7-10-21)17-19-14-4-2-3-5-15(14)20-17/h2-5,8,11,13H,6-7,9-10H2,1H3,(H,19,20). The van der Waals surface area contributed by atoms with Crippen molar-refractivity contribution >= 4 is 28.3 Å². The fourth-order valence-electron chi connectivity index (χ4n) is 3.26. The predicted octanol–water partition coefficient (Wildman–Crippen LogP) is 3.95. The number of nitrogens with zero attached hydrogens (tertiary/aromatic N) is 2. The summed E-state index contributed by atoms with van der Waals surface area (Å²) in [4.78, 5) is 23.6. The molecule has 1 aromatic carbocycles. The van der Waals surface area contributed by atoms with Crippen molar-refractivity contribution in [1.82, 2.24) is 14.9 Å². The summed E-state index contributed by atoms with van der Waals surface area (Å²) in [7, 11) is 0. The number of amides is 1. The minimum absolute atomic E-state index is 0.181. The van der Waals surface area contributed by atoms with Crippen LogP contribution in [0.2, 0.25) is 0 Å². The SMILES string of the molecule is Cc1ccsc1C(=O)N1CCC(c2nc3ccccc3[nH]2)CC1. The van der Waals surface area contributed by atoms with Gasteiger partial charge in [-0.05, 0) is 48.9 Å². The number of likely N-dealkylation sites (tertiary alicyclic amines) is 1. The van der Waals surface area contributed by atoms with Gasteiger partial charge in [0.2, 0.25) is 0 Å². The van der Waals surface area contributed by atoms with Gasteiger partial charge in [-0.3, -0.25) is 4.79 Å². The van der Waals surface area contributed by atoms with Gasteiger partial charge in [0.05, 0.1) is 15.9 Å². The molecule has 0 aliphatic carbocycles. The monoisotopic (exact) mass is 325 g/mol. The largest absolute Gasteiger partial charge is 0.342 e. The fourth-order valence-corrected chi connectivity index (χ4v) is 4.15. The number of fused-ring (bicyclic) bond motifs is 1. The summed E-state index contributed by atoms with van der Waals surface area (Å²) in [6, 6.07) is 10.1. The lowest BCUT2D eigenvalue weighted by Crippen LogP contribution is -2.38. The van der Waals surface area contributed by atoms with Gasteiger partial charge in [0, 0.05) is 19.0 Å². The number of benzene rings is 1. The van der Waals surface area contributed by atoms with Crippen molar-refractivity contribution in [2.75, 3.05) is 13.1 Å². The van der Waals surface area contributed by atoms with Crippen LogP contribution in [0, 0.1) is 6.92 Å². The summed E-state index contributed by atoms with van der Waals surface area (Å²) in [6.45, 7) is 3.61. The average molecular weight is 325 g/mol. The van der Waals surface area contributed by atoms with E-state index in [2.05, 4.69) is 11.1 Å². The maximum atomic E-state index is 12.6. The molecule has 0 unspecified atom stereocenters. The number of imidazole rings is 1. The molecule has 1 aliphatic rings. The van der Waals surface area contributed by atoms with E-state index in [4.69, 9.17) is 4.98 Å². The highest BCUT2D eigenvalue weighted by atomic mass is 32.1. The van der Waals surface area contributed by atoms with Gasteiger partial charge in [0.15, 0.2) is 0 Å². The number of aromatic nitrogens is 2. The molecule has 0 saturated carbocycles. The molecule has 1 fully saturated rings. The minimum Gasteiger partial charge on any atom is -0.342 e. The molecule has 1 saturated heterocycles. The maximum Gasteiger partial charge on any atom is 0.264 e. The Labute approximate surface area is 139 Å². The number of aromatic amines is 1. The van der Waals surface area contributed by atoms with E-state index >= 15 is 0 Å². The Balaban J connectivity index is 1.46. The molecule has 23 heavy (non-hydrogen) atoms. The summed E-state index contributed by atoms with van der Waals surface area (Å²) in [5.41, 5.74) is 3.20. The highest BCUT2D eigenvalue weighted by Crippen LogP contribution is 2.29. The Morgan fingerprint density at radius 1 is 1.26 bits per heavy atom. The van der Waals surface area contributed by atoms with Crippen molar-refractivity contribution in [3.8, 4) is 0 Å². The molecule has 2 aromatic heterocycles. The number of carbonyl (C=O) groups is 1. The van der Waals surface area contributed by atoms with Crippen molar-refractivity contribution in [3.05, 3.63) is 52.0 Å². The van der Waals surface area contributed by atoms with Gasteiger partial charge in [-0.2, -0.15) is 0 Å². The van der Waals surface area contributed by atoms with Crippen LogP contribution in [0.15, 0.2) is 35.7 Å². The number of nitrogens with one attached hydrogen (secondary N) is 1. The van der Waals surface area contributed by atoms with E-state index in [1.54, 1.807) is 11.3 Å². The topological polar surface area (TPSA) is 49.0 Å². The number of thiophene rings is 1. The lowest BCUT2D eigenvalue weighted by molar-refractivity contribution is 0.0715. The molecule has 5 heteroatoms. The molecular weight excluding hydrogens is 306 g/mol. The van der Waals surface area contributed by atoms with E-state index in [1.165, 1.54) is 0 Å². The van der Waals surface area contributed by atoms with Crippen LogP contribution in [-0.2, 0) is 0 Å². The predicted molar refractivity (Wildman–Crippen MR) is 93.0 cm³/mol. The molecule has 3 aromatic rings. The van der Waals surface area contributed by atoms with Gasteiger partial charge < -0.3 is 9.88 Å². The summed E-state index contributed by atoms with van der Waals surface area (Å²) in [5.74, 6) is 1.65. The lowest BCUT2D eigenvalue weighted by Gasteiger charge is -2.31. The zero-order chi connectivity index (χ0) is 15.8. The summed E-state index contributed by atoms with van der Waals surface area (Å²) in [6.07, 6.45) is 1.94. The Morgan fingerprint density at radius 3 is 2.74 bits per heavy atom. The second-order valence-corrected chi connectivity index (χ2v) is 7.05. The van der Waals surface area contributed by atoms with Crippen molar-refractivity contribution in [2.45, 2.75) is 25.7 Å². The van der Waals surface area contributed by atoms with Crippen LogP contribution in [0.3, 0.4) is 0 Å². The molecule has 1 aliphatic heterocycles. The first-order valence-electron chi connectivity index (χ1n) is 8.00. The molecule has 0 atom stereocenters. The molecular formula is C18H19N3OS. The van der Waals surface area contributed by atoms with Gasteiger partial charge in [0.1, 0.15) is 5.82 Å². The third-order valence-electron chi connectivity index (χ3n) is 4.63. The summed E-state index contributed by atoms with van der Waals surface area (Å²) < 4.78 is 0. The fraction of sp³-hybridized carbons (Fsp3) is 0.333. The highest BCUT2D eigenvalue weighted by molar-refractivity contribution is 7.12. The maximum absolute atomic E-state index is 12.6. The quantitative estimate of drug-likeness (QED) is 0.775. The first-order chi connectivity index (χ1) is 11.2. The van der Waals surface area contributed by atoms with Gasteiger partial charge >= 0.3 is 0 Å².